The van der Waals surface area contributed by atoms with Crippen molar-refractivity contribution >= 4 is 26.0 Å². The summed E-state index contributed by atoms with van der Waals surface area (Å²) >= 11 is 0. The van der Waals surface area contributed by atoms with Crippen LogP contribution < -0.4 is 0 Å². The van der Waals surface area contributed by atoms with E-state index in [1.165, 1.54) is 49.9 Å². The highest BCUT2D eigenvalue weighted by Gasteiger charge is 2.46. The first-order valence-corrected chi connectivity index (χ1v) is 13.6. The maximum absolute atomic E-state index is 11.4. The third-order valence-electron chi connectivity index (χ3n) is 4.93. The van der Waals surface area contributed by atoms with Crippen molar-refractivity contribution in [3.63, 3.8) is 0 Å². The van der Waals surface area contributed by atoms with Gasteiger partial charge in [0.05, 0.1) is 32.8 Å². The standard InChI is InChI=1S/C17H34NO2.C2F6NO4S2/c1-6-13-18(7-2,8-3)14-11-9-10-12-15-20-17(19)16(4)5;3-1(4,5)14(10,11)9-15(12,13)2(6,7)8/h4,6-15H2,1-3,5H3;/q+1;-1. The van der Waals surface area contributed by atoms with Crippen LogP contribution in [0.3, 0.4) is 0 Å². The Kier molecular flexibility index (Phi) is 15.3. The highest BCUT2D eigenvalue weighted by Crippen LogP contribution is 2.36. The van der Waals surface area contributed by atoms with Gasteiger partial charge >= 0.3 is 17.0 Å². The number of nitrogens with zero attached hydrogens (tertiary/aromatic N) is 2. The van der Waals surface area contributed by atoms with E-state index in [1.807, 2.05) is 0 Å². The van der Waals surface area contributed by atoms with Crippen LogP contribution >= 0.6 is 0 Å². The zero-order chi connectivity index (χ0) is 28.1. The number of unbranched alkanes of at least 4 members (excludes halogenated alkanes) is 3. The van der Waals surface area contributed by atoms with Crippen LogP contribution in [0.5, 0.6) is 0 Å². The molecule has 8 nitrogen and oxygen atoms in total. The molecule has 0 atom stereocenters. The first-order valence-electron chi connectivity index (χ1n) is 10.8. The third-order valence-corrected chi connectivity index (χ3v) is 7.67. The molecule has 0 fully saturated rings. The molecule has 0 radical (unpaired) electrons. The van der Waals surface area contributed by atoms with Gasteiger partial charge in [-0.3, -0.25) is 0 Å². The van der Waals surface area contributed by atoms with E-state index < -0.39 is 31.1 Å². The van der Waals surface area contributed by atoms with Crippen LogP contribution in [-0.4, -0.2) is 71.1 Å². The first kappa shape index (κ1) is 35.8. The number of rotatable bonds is 14. The van der Waals surface area contributed by atoms with Crippen LogP contribution in [0.2, 0.25) is 0 Å². The van der Waals surface area contributed by atoms with Crippen molar-refractivity contribution in [3.8, 4) is 0 Å². The summed E-state index contributed by atoms with van der Waals surface area (Å²) in [5.41, 5.74) is -11.9. The fourth-order valence-corrected chi connectivity index (χ4v) is 4.56. The van der Waals surface area contributed by atoms with E-state index in [2.05, 4.69) is 27.4 Å². The third kappa shape index (κ3) is 13.5. The van der Waals surface area contributed by atoms with Crippen molar-refractivity contribution in [2.24, 2.45) is 0 Å². The molecule has 0 aliphatic rings. The van der Waals surface area contributed by atoms with Crippen LogP contribution in [0.1, 0.15) is 59.8 Å². The molecule has 0 saturated heterocycles. The molecular weight excluding hydrogens is 530 g/mol. The Morgan fingerprint density at radius 1 is 0.829 bits per heavy atom. The van der Waals surface area contributed by atoms with Gasteiger partial charge in [0.1, 0.15) is 0 Å². The fraction of sp³-hybridized carbons (Fsp3) is 0.842. The quantitative estimate of drug-likeness (QED) is 0.0967. The molecular formula is C19H34F6N2O6S2. The van der Waals surface area contributed by atoms with Crippen molar-refractivity contribution in [1.29, 1.82) is 0 Å². The lowest BCUT2D eigenvalue weighted by Crippen LogP contribution is -2.48. The molecule has 210 valence electrons. The lowest BCUT2D eigenvalue weighted by atomic mass is 10.1. The van der Waals surface area contributed by atoms with Gasteiger partial charge in [0, 0.05) is 5.57 Å². The highest BCUT2D eigenvalue weighted by molar-refractivity contribution is 8.13. The SMILES string of the molecule is C=C(C)C(=O)OCCCCCC[N+](CC)(CC)CCC.O=S(=O)([N-]S(=O)(=O)C(F)(F)F)C(F)(F)F. The van der Waals surface area contributed by atoms with Crippen LogP contribution in [0.4, 0.5) is 26.3 Å². The topological polar surface area (TPSA) is 109 Å². The summed E-state index contributed by atoms with van der Waals surface area (Å²) < 4.78 is 116. The van der Waals surface area contributed by atoms with E-state index in [0.717, 1.165) is 17.0 Å². The Morgan fingerprint density at radius 3 is 1.60 bits per heavy atom. The Balaban J connectivity index is 0. The van der Waals surface area contributed by atoms with Gasteiger partial charge in [-0.15, -0.1) is 0 Å². The average molecular weight is 565 g/mol. The molecule has 0 rings (SSSR count). The number of ether oxygens (including phenoxy) is 1. The van der Waals surface area contributed by atoms with Gasteiger partial charge < -0.3 is 13.3 Å². The lowest BCUT2D eigenvalue weighted by molar-refractivity contribution is -0.925. The minimum atomic E-state index is -6.72. The number of halogens is 6. The van der Waals surface area contributed by atoms with Crippen LogP contribution in [0.25, 0.3) is 4.13 Å². The summed E-state index contributed by atoms with van der Waals surface area (Å²) in [5.74, 6) is -0.263. The minimum absolute atomic E-state index is 0.263. The van der Waals surface area contributed by atoms with Gasteiger partial charge in [-0.25, -0.2) is 21.6 Å². The molecule has 0 aliphatic heterocycles. The molecule has 0 saturated carbocycles. The number of alkyl halides is 6. The molecule has 0 heterocycles. The van der Waals surface area contributed by atoms with Crippen LogP contribution in [0, 0.1) is 0 Å². The number of hydrogen-bond donors (Lipinski definition) is 0. The monoisotopic (exact) mass is 564 g/mol. The summed E-state index contributed by atoms with van der Waals surface area (Å²) in [6, 6.07) is 0. The zero-order valence-corrected chi connectivity index (χ0v) is 21.8. The molecule has 0 spiro atoms. The molecule has 0 aromatic heterocycles. The molecule has 0 amide bonds. The maximum atomic E-state index is 11.4. The van der Waals surface area contributed by atoms with Crippen molar-refractivity contribution < 1.29 is 57.2 Å². The largest absolute Gasteiger partial charge is 0.480 e. The summed E-state index contributed by atoms with van der Waals surface area (Å²) in [5, 5.41) is 0. The molecule has 0 aromatic rings. The van der Waals surface area contributed by atoms with Crippen LogP contribution in [0.15, 0.2) is 12.2 Å². The van der Waals surface area contributed by atoms with Crippen molar-refractivity contribution in [1.82, 2.24) is 0 Å². The van der Waals surface area contributed by atoms with E-state index in [9.17, 15) is 48.0 Å². The normalized spacial score (nSPS) is 13.1. The second-order valence-electron chi connectivity index (χ2n) is 7.67. The molecule has 0 aliphatic carbocycles. The van der Waals surface area contributed by atoms with Crippen molar-refractivity contribution in [3.05, 3.63) is 16.3 Å². The smallest absolute Gasteiger partial charge is 0.462 e. The van der Waals surface area contributed by atoms with Crippen molar-refractivity contribution in [2.45, 2.75) is 70.8 Å². The minimum Gasteiger partial charge on any atom is -0.462 e. The zero-order valence-electron chi connectivity index (χ0n) is 20.2. The molecule has 0 N–H and O–H groups in total. The van der Waals surface area contributed by atoms with Gasteiger partial charge in [-0.1, -0.05) is 13.5 Å². The second kappa shape index (κ2) is 15.0. The molecule has 35 heavy (non-hydrogen) atoms. The first-order chi connectivity index (χ1) is 15.7. The van der Waals surface area contributed by atoms with Gasteiger partial charge in [-0.05, 0) is 52.9 Å². The lowest BCUT2D eigenvalue weighted by Gasteiger charge is -2.36. The molecule has 0 aromatic carbocycles. The summed E-state index contributed by atoms with van der Waals surface area (Å²) in [6.07, 6.45) is 5.87. The van der Waals surface area contributed by atoms with Gasteiger partial charge in [0.2, 0.25) is 0 Å². The Labute approximate surface area is 203 Å². The molecule has 0 bridgehead atoms. The van der Waals surface area contributed by atoms with E-state index >= 15 is 0 Å². The second-order valence-corrected chi connectivity index (χ2v) is 11.1. The Bertz CT molecular complexity index is 825. The summed E-state index contributed by atoms with van der Waals surface area (Å²) in [6.45, 7) is 17.7. The average Bonchev–Trinajstić information content (AvgIpc) is 2.70. The maximum Gasteiger partial charge on any atom is 0.480 e. The van der Waals surface area contributed by atoms with E-state index in [1.54, 1.807) is 6.92 Å². The molecule has 16 heteroatoms. The predicted molar refractivity (Wildman–Crippen MR) is 119 cm³/mol. The van der Waals surface area contributed by atoms with E-state index in [-0.39, 0.29) is 5.97 Å². The Morgan fingerprint density at radius 2 is 1.26 bits per heavy atom. The predicted octanol–water partition coefficient (Wildman–Crippen LogP) is 4.99. The van der Waals surface area contributed by atoms with Gasteiger partial charge in [0.15, 0.2) is 20.0 Å². The summed E-state index contributed by atoms with van der Waals surface area (Å²) in [7, 11) is -13.4. The number of hydrogen-bond acceptors (Lipinski definition) is 6. The number of carbonyl (C=O) groups excluding carboxylic acids is 1. The number of sulfonamides is 2. The number of esters is 1. The fourth-order valence-electron chi connectivity index (χ4n) is 2.85. The van der Waals surface area contributed by atoms with Gasteiger partial charge in [-0.2, -0.15) is 26.3 Å². The van der Waals surface area contributed by atoms with Crippen molar-refractivity contribution in [2.75, 3.05) is 32.8 Å². The molecule has 0 unspecified atom stereocenters. The van der Waals surface area contributed by atoms with Crippen LogP contribution in [-0.2, 0) is 29.6 Å². The Hall–Kier alpha value is -1.39. The summed E-state index contributed by atoms with van der Waals surface area (Å²) in [4.78, 5) is 11.2. The number of quaternary nitrogens is 1. The van der Waals surface area contributed by atoms with E-state index in [4.69, 9.17) is 4.74 Å². The highest BCUT2D eigenvalue weighted by atomic mass is 32.3. The van der Waals surface area contributed by atoms with Gasteiger partial charge in [0.25, 0.3) is 0 Å². The number of carbonyl (C=O) groups is 1. The van der Waals surface area contributed by atoms with E-state index in [0.29, 0.717) is 12.2 Å².